The largest absolute Gasteiger partial charge is 0.491 e. The van der Waals surface area contributed by atoms with E-state index in [-0.39, 0.29) is 48.9 Å². The Morgan fingerprint density at radius 1 is 1.04 bits per heavy atom. The van der Waals surface area contributed by atoms with E-state index in [0.717, 1.165) is 5.56 Å². The van der Waals surface area contributed by atoms with Gasteiger partial charge < -0.3 is 20.1 Å². The van der Waals surface area contributed by atoms with Crippen LogP contribution >= 0.6 is 0 Å². The molecule has 3 atom stereocenters. The minimum Gasteiger partial charge on any atom is -0.429 e. The van der Waals surface area contributed by atoms with Crippen LogP contribution in [0.3, 0.4) is 0 Å². The zero-order valence-corrected chi connectivity index (χ0v) is 25.5. The van der Waals surface area contributed by atoms with Gasteiger partial charge in [-0.3, -0.25) is 9.36 Å². The van der Waals surface area contributed by atoms with Gasteiger partial charge in [0, 0.05) is 44.1 Å². The average Bonchev–Trinajstić information content (AvgIpc) is 3.76. The summed E-state index contributed by atoms with van der Waals surface area (Å²) in [5.41, 5.74) is -2.68. The number of aromatic amines is 1. The van der Waals surface area contributed by atoms with Crippen molar-refractivity contribution in [3.05, 3.63) is 84.1 Å². The molecule has 2 aromatic carbocycles. The number of benzene rings is 2. The molecular formula is C32H35F3N8O4. The number of nitrogens with zero attached hydrogens (tertiary/aromatic N) is 6. The van der Waals surface area contributed by atoms with Crippen molar-refractivity contribution in [1.29, 1.82) is 0 Å². The second-order valence-electron chi connectivity index (χ2n) is 12.0. The third-order valence-electron chi connectivity index (χ3n) is 9.06. The molecule has 2 aliphatic rings. The van der Waals surface area contributed by atoms with Gasteiger partial charge in [-0.15, -0.1) is 10.2 Å². The Balaban J connectivity index is 1.48. The Morgan fingerprint density at radius 2 is 1.77 bits per heavy atom. The third kappa shape index (κ3) is 6.49. The number of piperazine rings is 1. The van der Waals surface area contributed by atoms with Crippen LogP contribution in [0.1, 0.15) is 54.0 Å². The Hall–Kier alpha value is -4.63. The van der Waals surface area contributed by atoms with Gasteiger partial charge in [-0.05, 0) is 31.2 Å². The highest BCUT2D eigenvalue weighted by atomic mass is 19.4. The summed E-state index contributed by atoms with van der Waals surface area (Å²) >= 11 is 0. The van der Waals surface area contributed by atoms with Crippen molar-refractivity contribution in [2.24, 2.45) is 0 Å². The van der Waals surface area contributed by atoms with E-state index in [1.54, 1.807) is 35.2 Å². The lowest BCUT2D eigenvalue weighted by atomic mass is 9.73. The van der Waals surface area contributed by atoms with E-state index in [9.17, 15) is 27.9 Å². The van der Waals surface area contributed by atoms with Crippen LogP contribution in [0, 0.1) is 0 Å². The number of halogens is 3. The fourth-order valence-electron chi connectivity index (χ4n) is 6.77. The summed E-state index contributed by atoms with van der Waals surface area (Å²) in [5, 5.41) is 29.4. The van der Waals surface area contributed by atoms with E-state index in [2.05, 4.69) is 30.9 Å². The monoisotopic (exact) mass is 652 g/mol. The number of alkyl halides is 3. The average molecular weight is 653 g/mol. The Labute approximate surface area is 268 Å². The van der Waals surface area contributed by atoms with Crippen molar-refractivity contribution >= 4 is 11.9 Å². The minimum absolute atomic E-state index is 0.00260. The molecule has 0 bridgehead atoms. The molecule has 4 aromatic rings. The van der Waals surface area contributed by atoms with Crippen molar-refractivity contribution in [2.75, 3.05) is 19.6 Å². The second-order valence-corrected chi connectivity index (χ2v) is 12.0. The molecule has 1 aliphatic heterocycles. The maximum Gasteiger partial charge on any atom is 0.491 e. The molecule has 0 unspecified atom stereocenters. The molecule has 1 saturated heterocycles. The summed E-state index contributed by atoms with van der Waals surface area (Å²) < 4.78 is 48.4. The number of nitrogens with one attached hydrogen (secondary N) is 2. The first-order valence-electron chi connectivity index (χ1n) is 15.5. The van der Waals surface area contributed by atoms with Crippen LogP contribution in [0.2, 0.25) is 0 Å². The van der Waals surface area contributed by atoms with E-state index in [4.69, 9.17) is 4.74 Å². The van der Waals surface area contributed by atoms with Gasteiger partial charge in [-0.2, -0.15) is 18.4 Å². The third-order valence-corrected chi connectivity index (χ3v) is 9.06. The topological polar surface area (TPSA) is 151 Å². The zero-order chi connectivity index (χ0) is 33.1. The van der Waals surface area contributed by atoms with Crippen molar-refractivity contribution in [3.8, 4) is 11.3 Å². The lowest BCUT2D eigenvalue weighted by molar-refractivity contribution is -0.271. The number of hydrogen-bond donors (Lipinski definition) is 3. The van der Waals surface area contributed by atoms with Gasteiger partial charge in [-0.25, -0.2) is 9.78 Å². The van der Waals surface area contributed by atoms with E-state index in [1.807, 2.05) is 30.3 Å². The highest BCUT2D eigenvalue weighted by molar-refractivity contribution is 5.98. The quantitative estimate of drug-likeness (QED) is 0.231. The SMILES string of the molecule is O=C(c1ncn([C@]2(OC(=O)C(F)(F)F)CCCC[C@]2(O)CCc2nn[nH]n2)c1-c1ccccc1)N1CCNC[C@H]1Cc1ccccc1. The number of rotatable bonds is 9. The molecule has 47 heavy (non-hydrogen) atoms. The molecule has 0 radical (unpaired) electrons. The highest BCUT2D eigenvalue weighted by Gasteiger charge is 2.60. The van der Waals surface area contributed by atoms with E-state index < -0.39 is 29.4 Å². The smallest absolute Gasteiger partial charge is 0.429 e. The molecule has 1 aliphatic carbocycles. The number of ether oxygens (including phenoxy) is 1. The van der Waals surface area contributed by atoms with E-state index in [1.165, 1.54) is 10.9 Å². The normalized spacial score (nSPS) is 23.4. The maximum absolute atomic E-state index is 14.5. The Bertz CT molecular complexity index is 1670. The molecule has 3 heterocycles. The second kappa shape index (κ2) is 13.2. The lowest BCUT2D eigenvalue weighted by Crippen LogP contribution is -2.61. The van der Waals surface area contributed by atoms with Gasteiger partial charge in [0.1, 0.15) is 5.60 Å². The van der Waals surface area contributed by atoms with Crippen LogP contribution in [0.5, 0.6) is 0 Å². The van der Waals surface area contributed by atoms with Crippen molar-refractivity contribution in [1.82, 2.24) is 40.4 Å². The van der Waals surface area contributed by atoms with E-state index >= 15 is 0 Å². The van der Waals surface area contributed by atoms with Crippen LogP contribution in [0.15, 0.2) is 67.0 Å². The molecule has 1 amide bonds. The first-order valence-corrected chi connectivity index (χ1v) is 15.5. The first kappa shape index (κ1) is 32.3. The number of carbonyl (C=O) groups excluding carboxylic acids is 2. The first-order chi connectivity index (χ1) is 22.6. The number of aliphatic hydroxyl groups is 1. The number of tetrazole rings is 1. The minimum atomic E-state index is -5.35. The van der Waals surface area contributed by atoms with Gasteiger partial charge in [0.05, 0.1) is 12.0 Å². The molecule has 248 valence electrons. The Morgan fingerprint density at radius 3 is 2.47 bits per heavy atom. The lowest BCUT2D eigenvalue weighted by Gasteiger charge is -2.50. The number of aromatic nitrogens is 6. The molecule has 6 rings (SSSR count). The summed E-state index contributed by atoms with van der Waals surface area (Å²) in [4.78, 5) is 33.4. The summed E-state index contributed by atoms with van der Waals surface area (Å²) in [6, 6.07) is 18.1. The zero-order valence-electron chi connectivity index (χ0n) is 25.5. The van der Waals surface area contributed by atoms with Gasteiger partial charge in [-0.1, -0.05) is 72.3 Å². The molecular weight excluding hydrogens is 617 g/mol. The number of imidazole rings is 1. The van der Waals surface area contributed by atoms with Crippen molar-refractivity contribution in [2.45, 2.75) is 68.5 Å². The van der Waals surface area contributed by atoms with Crippen molar-refractivity contribution in [3.63, 3.8) is 0 Å². The molecule has 3 N–H and O–H groups in total. The fraction of sp³-hybridized carbons (Fsp3) is 0.438. The number of esters is 1. The van der Waals surface area contributed by atoms with Gasteiger partial charge >= 0.3 is 12.1 Å². The predicted molar refractivity (Wildman–Crippen MR) is 162 cm³/mol. The highest BCUT2D eigenvalue weighted by Crippen LogP contribution is 2.49. The van der Waals surface area contributed by atoms with Crippen molar-refractivity contribution < 1.29 is 32.6 Å². The van der Waals surface area contributed by atoms with Crippen LogP contribution in [0.4, 0.5) is 13.2 Å². The molecule has 0 spiro atoms. The Kier molecular flexibility index (Phi) is 9.10. The van der Waals surface area contributed by atoms with Gasteiger partial charge in [0.25, 0.3) is 5.91 Å². The number of H-pyrrole nitrogens is 1. The molecule has 2 aromatic heterocycles. The van der Waals surface area contributed by atoms with Crippen LogP contribution in [-0.4, -0.2) is 89.5 Å². The standard InChI is InChI=1S/C32H35F3N8O4/c33-32(34,35)29(45)47-31(15-8-7-14-30(31,46)16-13-25-38-40-41-39-25)43-21-37-26(27(43)23-11-5-2-6-12-23)28(44)42-18-17-36-20-24(42)19-22-9-3-1-4-10-22/h1-6,9-12,21,24,36,46H,7-8,13-20H2,(H,38,39,40,41)/t24-,30+,31+/m1/s1. The molecule has 1 saturated carbocycles. The van der Waals surface area contributed by atoms with Crippen LogP contribution in [-0.2, 0) is 28.1 Å². The molecule has 15 heteroatoms. The number of carbonyl (C=O) groups is 2. The number of aryl methyl sites for hydroxylation is 1. The van der Waals surface area contributed by atoms with E-state index in [0.29, 0.717) is 44.5 Å². The van der Waals surface area contributed by atoms with Gasteiger partial charge in [0.2, 0.25) is 5.72 Å². The van der Waals surface area contributed by atoms with Crippen LogP contribution in [0.25, 0.3) is 11.3 Å². The number of amides is 1. The summed E-state index contributed by atoms with van der Waals surface area (Å²) in [5.74, 6) is -2.65. The maximum atomic E-state index is 14.5. The fourth-order valence-corrected chi connectivity index (χ4v) is 6.77. The summed E-state index contributed by atoms with van der Waals surface area (Å²) in [6.45, 7) is 1.45. The molecule has 2 fully saturated rings. The number of hydrogen-bond acceptors (Lipinski definition) is 9. The molecule has 12 nitrogen and oxygen atoms in total. The van der Waals surface area contributed by atoms with Gasteiger partial charge in [0.15, 0.2) is 11.5 Å². The summed E-state index contributed by atoms with van der Waals surface area (Å²) in [7, 11) is 0. The summed E-state index contributed by atoms with van der Waals surface area (Å²) in [6.07, 6.45) is -3.07. The predicted octanol–water partition coefficient (Wildman–Crippen LogP) is 3.42. The van der Waals surface area contributed by atoms with Crippen LogP contribution < -0.4 is 5.32 Å².